The minimum absolute atomic E-state index is 0.0402. The summed E-state index contributed by atoms with van der Waals surface area (Å²) < 4.78 is 1.86. The molecule has 0 unspecified atom stereocenters. The smallest absolute Gasteiger partial charge is 0.268 e. The van der Waals surface area contributed by atoms with E-state index in [0.29, 0.717) is 20.9 Å². The Bertz CT molecular complexity index is 1310. The van der Waals surface area contributed by atoms with Gasteiger partial charge < -0.3 is 4.57 Å². The molecule has 2 heterocycles. The average Bonchev–Trinajstić information content (AvgIpc) is 3.42. The summed E-state index contributed by atoms with van der Waals surface area (Å²) in [5.41, 5.74) is 3.54. The Balaban J connectivity index is 1.56. The van der Waals surface area contributed by atoms with Crippen molar-refractivity contribution in [2.75, 3.05) is 5.32 Å². The van der Waals surface area contributed by atoms with Crippen LogP contribution in [0.4, 0.5) is 5.13 Å². The number of aromatic nitrogens is 3. The lowest BCUT2D eigenvalue weighted by Gasteiger charge is -2.07. The van der Waals surface area contributed by atoms with Crippen LogP contribution in [0.25, 0.3) is 22.3 Å². The second kappa shape index (κ2) is 8.96. The van der Waals surface area contributed by atoms with Crippen molar-refractivity contribution in [2.45, 2.75) is 6.92 Å². The maximum atomic E-state index is 12.7. The van der Waals surface area contributed by atoms with Crippen molar-refractivity contribution in [3.63, 3.8) is 0 Å². The highest BCUT2D eigenvalue weighted by Gasteiger charge is 2.15. The zero-order chi connectivity index (χ0) is 21.8. The predicted molar refractivity (Wildman–Crippen MR) is 123 cm³/mol. The van der Waals surface area contributed by atoms with E-state index in [1.54, 1.807) is 12.1 Å². The third kappa shape index (κ3) is 4.56. The molecule has 8 heteroatoms. The van der Waals surface area contributed by atoms with E-state index < -0.39 is 5.91 Å². The Morgan fingerprint density at radius 3 is 2.65 bits per heavy atom. The van der Waals surface area contributed by atoms with Crippen molar-refractivity contribution >= 4 is 40.1 Å². The number of carbonyl (C=O) groups excluding carboxylic acids is 1. The molecule has 2 aromatic heterocycles. The number of anilines is 1. The summed E-state index contributed by atoms with van der Waals surface area (Å²) in [6.45, 7) is 1.99. The van der Waals surface area contributed by atoms with Gasteiger partial charge in [-0.25, -0.2) is 0 Å². The number of nitrogens with zero attached hydrogens (tertiary/aromatic N) is 4. The SMILES string of the molecule is Cc1ccccc1-c1nnc(NC(=O)/C(C#N)=C\c2cccn2-c2ccc(Cl)cc2)s1. The molecule has 0 atom stereocenters. The van der Waals surface area contributed by atoms with Gasteiger partial charge in [0.25, 0.3) is 5.91 Å². The fourth-order valence-electron chi connectivity index (χ4n) is 3.00. The van der Waals surface area contributed by atoms with Crippen LogP contribution in [-0.2, 0) is 4.79 Å². The van der Waals surface area contributed by atoms with Gasteiger partial charge in [-0.15, -0.1) is 10.2 Å². The summed E-state index contributed by atoms with van der Waals surface area (Å²) in [7, 11) is 0. The number of benzene rings is 2. The van der Waals surface area contributed by atoms with Gasteiger partial charge in [-0.05, 0) is 55.0 Å². The van der Waals surface area contributed by atoms with E-state index in [2.05, 4.69) is 15.5 Å². The van der Waals surface area contributed by atoms with Crippen molar-refractivity contribution in [1.29, 1.82) is 5.26 Å². The third-order valence-electron chi connectivity index (χ3n) is 4.56. The fraction of sp³-hybridized carbons (Fsp3) is 0.0435. The Morgan fingerprint density at radius 1 is 1.13 bits per heavy atom. The van der Waals surface area contributed by atoms with E-state index in [1.165, 1.54) is 17.4 Å². The van der Waals surface area contributed by atoms with Crippen LogP contribution in [0.3, 0.4) is 0 Å². The van der Waals surface area contributed by atoms with Gasteiger partial charge in [0, 0.05) is 28.2 Å². The number of aryl methyl sites for hydroxylation is 1. The van der Waals surface area contributed by atoms with Crippen molar-refractivity contribution in [3.8, 4) is 22.3 Å². The number of rotatable bonds is 5. The van der Waals surface area contributed by atoms with E-state index in [0.717, 1.165) is 16.8 Å². The highest BCUT2D eigenvalue weighted by molar-refractivity contribution is 7.18. The fourth-order valence-corrected chi connectivity index (χ4v) is 3.96. The lowest BCUT2D eigenvalue weighted by Crippen LogP contribution is -2.13. The molecule has 0 spiro atoms. The van der Waals surface area contributed by atoms with Crippen LogP contribution >= 0.6 is 22.9 Å². The first-order chi connectivity index (χ1) is 15.0. The van der Waals surface area contributed by atoms with Crippen molar-refractivity contribution in [3.05, 3.63) is 88.7 Å². The van der Waals surface area contributed by atoms with Crippen molar-refractivity contribution < 1.29 is 4.79 Å². The van der Waals surface area contributed by atoms with E-state index in [-0.39, 0.29) is 5.57 Å². The molecule has 0 saturated heterocycles. The maximum Gasteiger partial charge on any atom is 0.268 e. The summed E-state index contributed by atoms with van der Waals surface area (Å²) in [4.78, 5) is 12.7. The molecule has 1 N–H and O–H groups in total. The first-order valence-electron chi connectivity index (χ1n) is 9.31. The zero-order valence-electron chi connectivity index (χ0n) is 16.4. The largest absolute Gasteiger partial charge is 0.317 e. The highest BCUT2D eigenvalue weighted by Crippen LogP contribution is 2.29. The van der Waals surface area contributed by atoms with E-state index in [9.17, 15) is 10.1 Å². The normalized spacial score (nSPS) is 11.2. The number of carbonyl (C=O) groups is 1. The molecule has 6 nitrogen and oxygen atoms in total. The monoisotopic (exact) mass is 445 g/mol. The molecule has 0 bridgehead atoms. The van der Waals surface area contributed by atoms with Gasteiger partial charge in [-0.1, -0.05) is 47.2 Å². The van der Waals surface area contributed by atoms with E-state index >= 15 is 0 Å². The standard InChI is InChI=1S/C23H16ClN5OS/c1-15-5-2-3-7-20(15)22-27-28-23(31-22)26-21(30)16(14-25)13-19-6-4-12-29(19)18-10-8-17(24)9-11-18/h2-13H,1H3,(H,26,28,30)/b16-13-. The molecule has 31 heavy (non-hydrogen) atoms. The van der Waals surface area contributed by atoms with Gasteiger partial charge >= 0.3 is 0 Å². The summed E-state index contributed by atoms with van der Waals surface area (Å²) >= 11 is 7.22. The molecule has 0 radical (unpaired) electrons. The Morgan fingerprint density at radius 2 is 1.90 bits per heavy atom. The summed E-state index contributed by atoms with van der Waals surface area (Å²) in [6, 6.07) is 20.7. The molecule has 0 aliphatic heterocycles. The van der Waals surface area contributed by atoms with Crippen LogP contribution in [0.15, 0.2) is 72.4 Å². The quantitative estimate of drug-likeness (QED) is 0.324. The number of nitriles is 1. The van der Waals surface area contributed by atoms with Crippen LogP contribution in [0.2, 0.25) is 5.02 Å². The maximum absolute atomic E-state index is 12.7. The van der Waals surface area contributed by atoms with Crippen molar-refractivity contribution in [1.82, 2.24) is 14.8 Å². The van der Waals surface area contributed by atoms with Gasteiger partial charge in [-0.2, -0.15) is 5.26 Å². The van der Waals surface area contributed by atoms with Crippen LogP contribution in [0, 0.1) is 18.3 Å². The Kier molecular flexibility index (Phi) is 5.94. The summed E-state index contributed by atoms with van der Waals surface area (Å²) in [6.07, 6.45) is 3.38. The molecule has 0 aliphatic carbocycles. The van der Waals surface area contributed by atoms with Crippen LogP contribution in [0.5, 0.6) is 0 Å². The highest BCUT2D eigenvalue weighted by atomic mass is 35.5. The Hall–Kier alpha value is -3.73. The first kappa shape index (κ1) is 20.5. The average molecular weight is 446 g/mol. The number of halogens is 1. The summed E-state index contributed by atoms with van der Waals surface area (Å²) in [5.74, 6) is -0.543. The number of nitrogens with one attached hydrogen (secondary N) is 1. The number of amides is 1. The van der Waals surface area contributed by atoms with Crippen molar-refractivity contribution in [2.24, 2.45) is 0 Å². The lowest BCUT2D eigenvalue weighted by molar-refractivity contribution is -0.112. The second-order valence-electron chi connectivity index (χ2n) is 6.63. The van der Waals surface area contributed by atoms with E-state index in [4.69, 9.17) is 11.6 Å². The topological polar surface area (TPSA) is 83.6 Å². The number of hydrogen-bond donors (Lipinski definition) is 1. The van der Waals surface area contributed by atoms with Crippen LogP contribution < -0.4 is 5.32 Å². The molecule has 0 saturated carbocycles. The molecule has 0 aliphatic rings. The molecule has 152 valence electrons. The second-order valence-corrected chi connectivity index (χ2v) is 8.04. The van der Waals surface area contributed by atoms with Crippen LogP contribution in [0.1, 0.15) is 11.3 Å². The van der Waals surface area contributed by atoms with Crippen LogP contribution in [-0.4, -0.2) is 20.7 Å². The first-order valence-corrected chi connectivity index (χ1v) is 10.5. The molecular formula is C23H16ClN5OS. The molecule has 1 amide bonds. The molecule has 4 rings (SSSR count). The zero-order valence-corrected chi connectivity index (χ0v) is 18.0. The van der Waals surface area contributed by atoms with E-state index in [1.807, 2.05) is 72.3 Å². The van der Waals surface area contributed by atoms with Gasteiger partial charge in [0.15, 0.2) is 0 Å². The van der Waals surface area contributed by atoms with Gasteiger partial charge in [0.2, 0.25) is 5.13 Å². The number of hydrogen-bond acceptors (Lipinski definition) is 5. The summed E-state index contributed by atoms with van der Waals surface area (Å²) in [5, 5.41) is 22.1. The van der Waals surface area contributed by atoms with Gasteiger partial charge in [0.05, 0.1) is 0 Å². The molecule has 2 aromatic carbocycles. The minimum atomic E-state index is -0.543. The molecule has 4 aromatic rings. The Labute approximate surface area is 188 Å². The lowest BCUT2D eigenvalue weighted by atomic mass is 10.1. The predicted octanol–water partition coefficient (Wildman–Crippen LogP) is 5.50. The third-order valence-corrected chi connectivity index (χ3v) is 5.69. The van der Waals surface area contributed by atoms with Gasteiger partial charge in [-0.3, -0.25) is 10.1 Å². The molecule has 0 fully saturated rings. The minimum Gasteiger partial charge on any atom is -0.317 e. The molecular weight excluding hydrogens is 430 g/mol. The van der Waals surface area contributed by atoms with Gasteiger partial charge in [0.1, 0.15) is 16.6 Å².